The van der Waals surface area contributed by atoms with Crippen LogP contribution in [0.3, 0.4) is 0 Å². The number of ether oxygens (including phenoxy) is 2. The van der Waals surface area contributed by atoms with E-state index in [-0.39, 0.29) is 12.3 Å². The summed E-state index contributed by atoms with van der Waals surface area (Å²) in [5, 5.41) is 2.39. The minimum absolute atomic E-state index is 0.0766. The van der Waals surface area contributed by atoms with Crippen molar-refractivity contribution in [2.75, 3.05) is 26.8 Å². The van der Waals surface area contributed by atoms with E-state index >= 15 is 0 Å². The lowest BCUT2D eigenvalue weighted by Gasteiger charge is -2.26. The van der Waals surface area contributed by atoms with Gasteiger partial charge >= 0.3 is 0 Å². The van der Waals surface area contributed by atoms with Gasteiger partial charge in [-0.15, -0.1) is 11.3 Å². The lowest BCUT2D eigenvalue weighted by atomic mass is 9.96. The molecule has 3 aromatic carbocycles. The summed E-state index contributed by atoms with van der Waals surface area (Å²) in [4.78, 5) is 23.5. The molecule has 4 rings (SSSR count). The average Bonchev–Trinajstić information content (AvgIpc) is 3.21. The molecule has 6 nitrogen and oxygen atoms in total. The number of methoxy groups -OCH3 is 1. The average molecular weight is 469 g/mol. The van der Waals surface area contributed by atoms with Crippen LogP contribution >= 0.6 is 0 Å². The first kappa shape index (κ1) is 24.2. The molecule has 1 amide bonds. The standard InChI is InChI=1S/C29H28N2O4/c1-3-16-31(20-27-25-11-6-4-9-23(25)24-10-5-7-12-26(24)27)19-21-14-15-22(18-28(21)34-2)35-17-8-13-29(32)30-33/h1,4-7,9-12,14-15,18,27H,8,13,16-17,19-20H2,2H3. The van der Waals surface area contributed by atoms with E-state index < -0.39 is 5.91 Å². The summed E-state index contributed by atoms with van der Waals surface area (Å²) in [6.45, 7) is 2.25. The van der Waals surface area contributed by atoms with E-state index in [0.29, 0.717) is 37.6 Å². The summed E-state index contributed by atoms with van der Waals surface area (Å²) < 4.78 is 11.4. The van der Waals surface area contributed by atoms with E-state index in [1.165, 1.54) is 22.3 Å². The molecule has 3 aromatic rings. The van der Waals surface area contributed by atoms with Gasteiger partial charge in [-0.05, 0) is 34.7 Å². The number of fused-ring (bicyclic) bond motifs is 3. The van der Waals surface area contributed by atoms with Gasteiger partial charge in [-0.2, -0.15) is 0 Å². The van der Waals surface area contributed by atoms with E-state index in [4.69, 9.17) is 15.9 Å². The molecular formula is C29H28N2O4. The number of amides is 1. The summed E-state index contributed by atoms with van der Waals surface area (Å²) in [6, 6.07) is 22.8. The van der Waals surface area contributed by atoms with Crippen molar-refractivity contribution in [2.24, 2.45) is 5.18 Å². The number of nitrogens with zero attached hydrogens (tertiary/aromatic N) is 2. The second-order valence-electron chi connectivity index (χ2n) is 8.51. The van der Waals surface area contributed by atoms with Crippen LogP contribution in [0.25, 0.3) is 11.1 Å². The van der Waals surface area contributed by atoms with Crippen LogP contribution in [0, 0.1) is 17.3 Å². The molecular weight excluding hydrogens is 440 g/mol. The van der Waals surface area contributed by atoms with Crippen LogP contribution in [0.15, 0.2) is 71.9 Å². The lowest BCUT2D eigenvalue weighted by molar-refractivity contribution is -0.118. The van der Waals surface area contributed by atoms with Gasteiger partial charge in [0.05, 0.1) is 20.3 Å². The SMILES string of the molecule is C#CCN(Cc1ccc(OCCCC(=O)N=O)cc1OC)CC1c2ccccc2-c2ccccc21. The van der Waals surface area contributed by atoms with Crippen LogP contribution < -0.4 is 9.47 Å². The highest BCUT2D eigenvalue weighted by molar-refractivity contribution is 5.79. The molecule has 1 aliphatic carbocycles. The Labute approximate surface area is 205 Å². The van der Waals surface area contributed by atoms with Gasteiger partial charge in [0.1, 0.15) is 11.5 Å². The third-order valence-electron chi connectivity index (χ3n) is 6.28. The number of hydrogen-bond acceptors (Lipinski definition) is 5. The quantitative estimate of drug-likeness (QED) is 0.214. The first-order valence-corrected chi connectivity index (χ1v) is 11.6. The smallest absolute Gasteiger partial charge is 0.286 e. The number of carbonyl (C=O) groups is 1. The minimum atomic E-state index is -0.664. The Bertz CT molecular complexity index is 1200. The van der Waals surface area contributed by atoms with Gasteiger partial charge < -0.3 is 9.47 Å². The van der Waals surface area contributed by atoms with Crippen molar-refractivity contribution in [3.05, 3.63) is 88.3 Å². The van der Waals surface area contributed by atoms with Gasteiger partial charge in [-0.1, -0.05) is 60.5 Å². The number of benzene rings is 3. The van der Waals surface area contributed by atoms with Gasteiger partial charge in [0, 0.05) is 42.2 Å². The summed E-state index contributed by atoms with van der Waals surface area (Å²) >= 11 is 0. The van der Waals surface area contributed by atoms with Crippen molar-refractivity contribution < 1.29 is 14.3 Å². The van der Waals surface area contributed by atoms with E-state index in [1.807, 2.05) is 18.2 Å². The maximum absolute atomic E-state index is 11.0. The fourth-order valence-corrected chi connectivity index (χ4v) is 4.67. The highest BCUT2D eigenvalue weighted by atomic mass is 16.5. The van der Waals surface area contributed by atoms with Gasteiger partial charge in [0.15, 0.2) is 0 Å². The zero-order valence-electron chi connectivity index (χ0n) is 19.8. The van der Waals surface area contributed by atoms with Crippen LogP contribution in [0.5, 0.6) is 11.5 Å². The largest absolute Gasteiger partial charge is 0.496 e. The van der Waals surface area contributed by atoms with E-state index in [1.54, 1.807) is 7.11 Å². The minimum Gasteiger partial charge on any atom is -0.496 e. The molecule has 0 radical (unpaired) electrons. The Morgan fingerprint density at radius 3 is 2.37 bits per heavy atom. The second kappa shape index (κ2) is 11.5. The highest BCUT2D eigenvalue weighted by Crippen LogP contribution is 2.45. The summed E-state index contributed by atoms with van der Waals surface area (Å²) in [5.41, 5.74) is 6.25. The van der Waals surface area contributed by atoms with Crippen LogP contribution in [0.1, 0.15) is 35.4 Å². The number of nitroso groups, excluding NO2 is 1. The predicted molar refractivity (Wildman–Crippen MR) is 136 cm³/mol. The summed E-state index contributed by atoms with van der Waals surface area (Å²) in [6.07, 6.45) is 6.25. The Hall–Kier alpha value is -3.95. The molecule has 0 spiro atoms. The molecule has 0 bridgehead atoms. The monoisotopic (exact) mass is 468 g/mol. The molecule has 0 aliphatic heterocycles. The maximum Gasteiger partial charge on any atom is 0.286 e. The van der Waals surface area contributed by atoms with Crippen molar-refractivity contribution >= 4 is 5.91 Å². The van der Waals surface area contributed by atoms with E-state index in [0.717, 1.165) is 12.1 Å². The zero-order valence-corrected chi connectivity index (χ0v) is 19.8. The molecule has 178 valence electrons. The molecule has 0 atom stereocenters. The molecule has 35 heavy (non-hydrogen) atoms. The third kappa shape index (κ3) is 5.59. The van der Waals surface area contributed by atoms with E-state index in [9.17, 15) is 9.70 Å². The number of terminal acetylenes is 1. The van der Waals surface area contributed by atoms with Gasteiger partial charge in [0.2, 0.25) is 0 Å². The molecule has 6 heteroatoms. The molecule has 0 unspecified atom stereocenters. The summed E-state index contributed by atoms with van der Waals surface area (Å²) in [7, 11) is 1.63. The number of hydrogen-bond donors (Lipinski definition) is 0. The number of carbonyl (C=O) groups excluding carboxylic acids is 1. The van der Waals surface area contributed by atoms with Crippen molar-refractivity contribution in [1.29, 1.82) is 0 Å². The van der Waals surface area contributed by atoms with Gasteiger partial charge in [-0.3, -0.25) is 9.69 Å². The Morgan fingerprint density at radius 1 is 1.06 bits per heavy atom. The van der Waals surface area contributed by atoms with Crippen LogP contribution in [-0.4, -0.2) is 37.6 Å². The Balaban J connectivity index is 1.48. The third-order valence-corrected chi connectivity index (χ3v) is 6.28. The molecule has 0 aromatic heterocycles. The first-order chi connectivity index (χ1) is 17.1. The zero-order chi connectivity index (χ0) is 24.6. The molecule has 0 saturated heterocycles. The normalized spacial score (nSPS) is 12.0. The highest BCUT2D eigenvalue weighted by Gasteiger charge is 2.29. The number of rotatable bonds is 11. The van der Waals surface area contributed by atoms with Crippen molar-refractivity contribution in [3.8, 4) is 35.0 Å². The molecule has 0 N–H and O–H groups in total. The lowest BCUT2D eigenvalue weighted by Crippen LogP contribution is -2.29. The van der Waals surface area contributed by atoms with Crippen LogP contribution in [0.4, 0.5) is 0 Å². The molecule has 0 heterocycles. The Morgan fingerprint density at radius 2 is 1.74 bits per heavy atom. The van der Waals surface area contributed by atoms with Crippen molar-refractivity contribution in [1.82, 2.24) is 4.90 Å². The van der Waals surface area contributed by atoms with Crippen molar-refractivity contribution in [2.45, 2.75) is 25.3 Å². The van der Waals surface area contributed by atoms with Gasteiger partial charge in [0.25, 0.3) is 5.91 Å². The summed E-state index contributed by atoms with van der Waals surface area (Å²) in [5.74, 6) is 3.74. The molecule has 1 aliphatic rings. The molecule has 0 saturated carbocycles. The fourth-order valence-electron chi connectivity index (χ4n) is 4.67. The predicted octanol–water partition coefficient (Wildman–Crippen LogP) is 5.39. The second-order valence-corrected chi connectivity index (χ2v) is 8.51. The first-order valence-electron chi connectivity index (χ1n) is 11.6. The molecule has 0 fully saturated rings. The van der Waals surface area contributed by atoms with Crippen molar-refractivity contribution in [3.63, 3.8) is 0 Å². The van der Waals surface area contributed by atoms with Crippen LogP contribution in [-0.2, 0) is 11.3 Å². The maximum atomic E-state index is 11.0. The van der Waals surface area contributed by atoms with Crippen LogP contribution in [0.2, 0.25) is 0 Å². The Kier molecular flexibility index (Phi) is 7.92. The van der Waals surface area contributed by atoms with E-state index in [2.05, 4.69) is 64.5 Å². The topological polar surface area (TPSA) is 68.2 Å². The van der Waals surface area contributed by atoms with Gasteiger partial charge in [-0.25, -0.2) is 0 Å². The fraction of sp³-hybridized carbons (Fsp3) is 0.276.